The average Bonchev–Trinajstić information content (AvgIpc) is 2.74. The minimum absolute atomic E-state index is 0.0381. The van der Waals surface area contributed by atoms with E-state index in [1.54, 1.807) is 38.1 Å². The van der Waals surface area contributed by atoms with Gasteiger partial charge in [0.2, 0.25) is 0 Å². The fraction of sp³-hybridized carbons (Fsp3) is 0.304. The first kappa shape index (κ1) is 30.6. The monoisotopic (exact) mass is 606 g/mol. The topological polar surface area (TPSA) is 24.1 Å². The molecular formula is C23H19Cl3F6N2S2. The number of thiocarbonyl (C=S) groups is 2. The molecule has 0 bridgehead atoms. The van der Waals surface area contributed by atoms with Crippen molar-refractivity contribution in [2.75, 3.05) is 6.54 Å². The van der Waals surface area contributed by atoms with Gasteiger partial charge in [-0.2, -0.15) is 26.3 Å². The van der Waals surface area contributed by atoms with Crippen LogP contribution in [0.5, 0.6) is 0 Å². The lowest BCUT2D eigenvalue weighted by molar-refractivity contribution is -0.122. The second-order valence-corrected chi connectivity index (χ2v) is 10.2. The number of benzene rings is 2. The van der Waals surface area contributed by atoms with Crippen molar-refractivity contribution in [2.45, 2.75) is 38.2 Å². The fourth-order valence-electron chi connectivity index (χ4n) is 2.93. The molecule has 0 atom stereocenters. The largest absolute Gasteiger partial charge is 0.416 e. The first-order valence-corrected chi connectivity index (χ1v) is 12.0. The summed E-state index contributed by atoms with van der Waals surface area (Å²) < 4.78 is 78.4. The van der Waals surface area contributed by atoms with E-state index in [-0.39, 0.29) is 37.0 Å². The summed E-state index contributed by atoms with van der Waals surface area (Å²) in [5.41, 5.74) is -1.16. The Balaban J connectivity index is 2.16. The maximum Gasteiger partial charge on any atom is 0.416 e. The number of rotatable bonds is 7. The lowest BCUT2D eigenvalue weighted by atomic mass is 10.0. The zero-order chi connectivity index (χ0) is 27.5. The van der Waals surface area contributed by atoms with Gasteiger partial charge < -0.3 is 10.6 Å². The predicted molar refractivity (Wildman–Crippen MR) is 141 cm³/mol. The van der Waals surface area contributed by atoms with E-state index in [9.17, 15) is 26.3 Å². The van der Waals surface area contributed by atoms with Gasteiger partial charge in [-0.05, 0) is 43.5 Å². The van der Waals surface area contributed by atoms with Crippen molar-refractivity contribution in [1.29, 1.82) is 0 Å². The van der Waals surface area contributed by atoms with E-state index >= 15 is 0 Å². The summed E-state index contributed by atoms with van der Waals surface area (Å²) >= 11 is 28.0. The van der Waals surface area contributed by atoms with Gasteiger partial charge in [0.05, 0.1) is 26.2 Å². The average molecular weight is 608 g/mol. The second kappa shape index (κ2) is 11.9. The Labute approximate surface area is 230 Å². The molecule has 0 spiro atoms. The minimum Gasteiger partial charge on any atom is -0.369 e. The van der Waals surface area contributed by atoms with Gasteiger partial charge in [0, 0.05) is 5.56 Å². The highest BCUT2D eigenvalue weighted by Gasteiger charge is 2.35. The molecule has 2 rings (SSSR count). The molecule has 0 radical (unpaired) electrons. The van der Waals surface area contributed by atoms with Gasteiger partial charge in [0.15, 0.2) is 0 Å². The van der Waals surface area contributed by atoms with Crippen LogP contribution in [0.15, 0.2) is 42.5 Å². The zero-order valence-electron chi connectivity index (χ0n) is 18.7. The summed E-state index contributed by atoms with van der Waals surface area (Å²) in [6.07, 6.45) is -8.15. The molecule has 0 aliphatic rings. The zero-order valence-corrected chi connectivity index (χ0v) is 22.6. The summed E-state index contributed by atoms with van der Waals surface area (Å²) in [7, 11) is 0. The Morgan fingerprint density at radius 3 is 1.89 bits per heavy atom. The fourth-order valence-corrected chi connectivity index (χ4v) is 4.05. The van der Waals surface area contributed by atoms with Crippen LogP contribution in [-0.2, 0) is 6.42 Å². The molecule has 2 aromatic rings. The number of hydrogen-bond acceptors (Lipinski definition) is 2. The van der Waals surface area contributed by atoms with Crippen molar-refractivity contribution in [3.8, 4) is 0 Å². The van der Waals surface area contributed by atoms with Gasteiger partial charge in [-0.25, -0.2) is 0 Å². The molecule has 0 heterocycles. The normalized spacial score (nSPS) is 12.9. The van der Waals surface area contributed by atoms with E-state index in [0.717, 1.165) is 18.2 Å². The summed E-state index contributed by atoms with van der Waals surface area (Å²) in [4.78, 5) is 0.130. The minimum atomic E-state index is -4.67. The molecule has 0 aromatic heterocycles. The van der Waals surface area contributed by atoms with Crippen LogP contribution < -0.4 is 10.6 Å². The van der Waals surface area contributed by atoms with Crippen molar-refractivity contribution >= 4 is 74.8 Å². The molecule has 2 N–H and O–H groups in total. The van der Waals surface area contributed by atoms with E-state index in [4.69, 9.17) is 59.2 Å². The molecule has 0 unspecified atom stereocenters. The second-order valence-electron chi connectivity index (χ2n) is 8.15. The van der Waals surface area contributed by atoms with Gasteiger partial charge in [0.1, 0.15) is 16.5 Å². The lowest BCUT2D eigenvalue weighted by Crippen LogP contribution is -2.54. The van der Waals surface area contributed by atoms with E-state index in [1.807, 2.05) is 0 Å². The van der Waals surface area contributed by atoms with Gasteiger partial charge in [-0.15, -0.1) is 0 Å². The predicted octanol–water partition coefficient (Wildman–Crippen LogP) is 8.36. The number of nitrogens with one attached hydrogen (secondary N) is 2. The number of hydrogen-bond donors (Lipinski definition) is 2. The Morgan fingerprint density at radius 1 is 0.889 bits per heavy atom. The van der Waals surface area contributed by atoms with E-state index in [0.29, 0.717) is 11.1 Å². The summed E-state index contributed by atoms with van der Waals surface area (Å²) in [6.45, 7) is 1.86. The molecule has 0 saturated heterocycles. The van der Waals surface area contributed by atoms with Gasteiger partial charge in [-0.1, -0.05) is 89.6 Å². The molecule has 36 heavy (non-hydrogen) atoms. The van der Waals surface area contributed by atoms with Crippen molar-refractivity contribution in [1.82, 2.24) is 10.6 Å². The van der Waals surface area contributed by atoms with Crippen molar-refractivity contribution in [3.05, 3.63) is 74.2 Å². The van der Waals surface area contributed by atoms with Crippen LogP contribution >= 0.6 is 59.2 Å². The van der Waals surface area contributed by atoms with Crippen molar-refractivity contribution in [3.63, 3.8) is 0 Å². The SMILES string of the molecule is CC(C)(NC(=S)c1ccc(CC=C(c2cc(Cl)c(Cl)c(Cl)c2)C(F)(F)F)cc1)C(=S)NCC(F)(F)F. The van der Waals surface area contributed by atoms with Crippen LogP contribution in [-0.4, -0.2) is 34.4 Å². The number of halogens is 9. The Bertz CT molecular complexity index is 1140. The molecule has 0 aliphatic carbocycles. The third-order valence-corrected chi connectivity index (χ3v) is 6.99. The highest BCUT2D eigenvalue weighted by Crippen LogP contribution is 2.39. The van der Waals surface area contributed by atoms with E-state index < -0.39 is 30.0 Å². The van der Waals surface area contributed by atoms with E-state index in [2.05, 4.69) is 10.6 Å². The van der Waals surface area contributed by atoms with E-state index in [1.165, 1.54) is 0 Å². The highest BCUT2D eigenvalue weighted by molar-refractivity contribution is 7.81. The molecule has 0 amide bonds. The molecule has 0 aliphatic heterocycles. The molecule has 2 nitrogen and oxygen atoms in total. The van der Waals surface area contributed by atoms with Crippen LogP contribution in [0.3, 0.4) is 0 Å². The summed E-state index contributed by atoms with van der Waals surface area (Å²) in [5, 5.41) is 4.81. The van der Waals surface area contributed by atoms with Gasteiger partial charge in [0.25, 0.3) is 0 Å². The van der Waals surface area contributed by atoms with Gasteiger partial charge in [-0.3, -0.25) is 0 Å². The van der Waals surface area contributed by atoms with Crippen LogP contribution in [0.1, 0.15) is 30.5 Å². The quantitative estimate of drug-likeness (QED) is 0.188. The molecule has 2 aromatic carbocycles. The van der Waals surface area contributed by atoms with Crippen LogP contribution in [0.4, 0.5) is 26.3 Å². The third kappa shape index (κ3) is 8.76. The smallest absolute Gasteiger partial charge is 0.369 e. The van der Waals surface area contributed by atoms with Crippen LogP contribution in [0, 0.1) is 0 Å². The van der Waals surface area contributed by atoms with Gasteiger partial charge >= 0.3 is 12.4 Å². The number of allylic oxidation sites excluding steroid dienone is 2. The molecule has 0 saturated carbocycles. The first-order valence-electron chi connectivity index (χ1n) is 10.1. The lowest BCUT2D eigenvalue weighted by Gasteiger charge is -2.29. The molecule has 0 fully saturated rings. The third-order valence-electron chi connectivity index (χ3n) is 4.80. The van der Waals surface area contributed by atoms with Crippen molar-refractivity contribution < 1.29 is 26.3 Å². The van der Waals surface area contributed by atoms with Crippen LogP contribution in [0.25, 0.3) is 5.57 Å². The molecular weight excluding hydrogens is 589 g/mol. The maximum absolute atomic E-state index is 13.7. The number of alkyl halides is 6. The highest BCUT2D eigenvalue weighted by atomic mass is 35.5. The first-order chi connectivity index (χ1) is 16.4. The summed E-state index contributed by atoms with van der Waals surface area (Å²) in [6, 6.07) is 8.54. The maximum atomic E-state index is 13.7. The Morgan fingerprint density at radius 2 is 1.42 bits per heavy atom. The standard InChI is InChI=1S/C23H19Cl3F6N2S2/c1-21(2,20(36)33-11-22(27,28)29)34-19(35)13-6-3-12(4-7-13)5-8-15(23(30,31)32)14-9-16(24)18(26)17(25)10-14/h3-4,6-10H,5,11H2,1-2H3,(H,33,36)(H,34,35). The Kier molecular flexibility index (Phi) is 10.1. The molecule has 13 heteroatoms. The summed E-state index contributed by atoms with van der Waals surface area (Å²) in [5.74, 6) is 0. The Hall–Kier alpha value is -1.59. The van der Waals surface area contributed by atoms with Crippen LogP contribution in [0.2, 0.25) is 15.1 Å². The molecule has 196 valence electrons. The van der Waals surface area contributed by atoms with Crippen molar-refractivity contribution in [2.24, 2.45) is 0 Å².